The molecule has 0 spiro atoms. The van der Waals surface area contributed by atoms with Crippen LogP contribution < -0.4 is 10.1 Å². The second kappa shape index (κ2) is 10.7. The number of hydrogen-bond acceptors (Lipinski definition) is 7. The van der Waals surface area contributed by atoms with E-state index >= 15 is 0 Å². The lowest BCUT2D eigenvalue weighted by molar-refractivity contribution is -0.384. The second-order valence-electron chi connectivity index (χ2n) is 9.84. The van der Waals surface area contributed by atoms with Crippen molar-refractivity contribution in [3.05, 3.63) is 112 Å². The molecule has 0 aromatic heterocycles. The van der Waals surface area contributed by atoms with Crippen LogP contribution in [0.3, 0.4) is 0 Å². The minimum atomic E-state index is -1.82. The van der Waals surface area contributed by atoms with Crippen LogP contribution in [0.2, 0.25) is 0 Å². The average molecular weight is 542 g/mol. The van der Waals surface area contributed by atoms with Gasteiger partial charge in [0.2, 0.25) is 11.8 Å². The highest BCUT2D eigenvalue weighted by Crippen LogP contribution is 2.50. The van der Waals surface area contributed by atoms with Crippen molar-refractivity contribution < 1.29 is 29.2 Å². The summed E-state index contributed by atoms with van der Waals surface area (Å²) in [4.78, 5) is 51.9. The van der Waals surface area contributed by atoms with Crippen LogP contribution in [0.25, 0.3) is 0 Å². The number of amides is 2. The fourth-order valence-electron chi connectivity index (χ4n) is 5.60. The number of allylic oxidation sites excluding steroid dienone is 1. The van der Waals surface area contributed by atoms with E-state index in [4.69, 9.17) is 4.74 Å². The van der Waals surface area contributed by atoms with E-state index in [1.165, 1.54) is 24.3 Å². The first-order valence-corrected chi connectivity index (χ1v) is 12.8. The van der Waals surface area contributed by atoms with E-state index in [1.54, 1.807) is 43.3 Å². The zero-order valence-corrected chi connectivity index (χ0v) is 21.6. The number of nitrogens with one attached hydrogen (secondary N) is 1. The molecule has 2 aliphatic heterocycles. The van der Waals surface area contributed by atoms with E-state index in [2.05, 4.69) is 5.32 Å². The third kappa shape index (κ3) is 4.73. The molecule has 0 bridgehead atoms. The van der Waals surface area contributed by atoms with Crippen molar-refractivity contribution in [1.29, 1.82) is 0 Å². The second-order valence-corrected chi connectivity index (χ2v) is 9.84. The first-order chi connectivity index (χ1) is 19.2. The number of carbonyl (C=O) groups is 3. The van der Waals surface area contributed by atoms with Gasteiger partial charge in [0.05, 0.1) is 16.8 Å². The molecule has 4 unspecified atom stereocenters. The molecule has 0 radical (unpaired) electrons. The van der Waals surface area contributed by atoms with Crippen LogP contribution in [0.5, 0.6) is 11.5 Å². The Kier molecular flexibility index (Phi) is 7.19. The lowest BCUT2D eigenvalue weighted by atomic mass is 9.76. The Balaban J connectivity index is 1.52. The number of aliphatic carboxylic acids is 1. The topological polar surface area (TPSA) is 139 Å². The molecule has 2 aliphatic rings. The van der Waals surface area contributed by atoms with Crippen molar-refractivity contribution in [2.24, 2.45) is 11.8 Å². The number of nitro benzene ring substituents is 1. The molecule has 5 rings (SSSR count). The molecule has 2 N–H and O–H groups in total. The lowest BCUT2D eigenvalue weighted by Crippen LogP contribution is -2.57. The van der Waals surface area contributed by atoms with E-state index < -0.39 is 46.1 Å². The van der Waals surface area contributed by atoms with Crippen LogP contribution in [0.4, 0.5) is 5.69 Å². The van der Waals surface area contributed by atoms with E-state index in [1.807, 2.05) is 30.3 Å². The smallest absolute Gasteiger partial charge is 0.325 e. The van der Waals surface area contributed by atoms with Gasteiger partial charge in [-0.05, 0) is 42.3 Å². The Morgan fingerprint density at radius 2 is 1.68 bits per heavy atom. The van der Waals surface area contributed by atoms with Gasteiger partial charge in [0.1, 0.15) is 17.0 Å². The highest BCUT2D eigenvalue weighted by Gasteiger charge is 2.68. The Bertz CT molecular complexity index is 1470. The Morgan fingerprint density at radius 1 is 1.02 bits per heavy atom. The lowest BCUT2D eigenvalue weighted by Gasteiger charge is -2.31. The molecule has 3 aromatic rings. The van der Waals surface area contributed by atoms with Crippen LogP contribution in [-0.4, -0.2) is 44.8 Å². The number of nitrogens with zero attached hydrogens (tertiary/aromatic N) is 2. The number of nitro groups is 1. The first kappa shape index (κ1) is 26.8. The molecule has 3 aromatic carbocycles. The maximum absolute atomic E-state index is 13.6. The quantitative estimate of drug-likeness (QED) is 0.177. The maximum Gasteiger partial charge on any atom is 0.325 e. The summed E-state index contributed by atoms with van der Waals surface area (Å²) in [5, 5.41) is 24.8. The number of hydrogen-bond donors (Lipinski definition) is 2. The molecule has 2 amide bonds. The summed E-state index contributed by atoms with van der Waals surface area (Å²) >= 11 is 0. The van der Waals surface area contributed by atoms with Crippen LogP contribution >= 0.6 is 0 Å². The minimum Gasteiger partial charge on any atom is -0.480 e. The number of carboxylic acids is 1. The van der Waals surface area contributed by atoms with E-state index in [0.717, 1.165) is 4.90 Å². The Morgan fingerprint density at radius 3 is 2.27 bits per heavy atom. The molecule has 10 heteroatoms. The number of imide groups is 1. The zero-order chi connectivity index (χ0) is 28.4. The molecule has 2 fully saturated rings. The SMILES string of the molecule is C/C=C/CN1C(=O)C2C(c3ccc(Oc4ccccc4)cc3)NC(Cc3ccc([N+](=O)[O-])cc3)(C(=O)O)C2C1=O. The summed E-state index contributed by atoms with van der Waals surface area (Å²) in [6.45, 7) is 1.82. The summed E-state index contributed by atoms with van der Waals surface area (Å²) in [6, 6.07) is 21.0. The molecular weight excluding hydrogens is 514 g/mol. The van der Waals surface area contributed by atoms with Gasteiger partial charge in [0.15, 0.2) is 0 Å². The summed E-state index contributed by atoms with van der Waals surface area (Å²) < 4.78 is 5.87. The molecule has 4 atom stereocenters. The molecule has 0 saturated carbocycles. The predicted molar refractivity (Wildman–Crippen MR) is 145 cm³/mol. The summed E-state index contributed by atoms with van der Waals surface area (Å²) in [5.41, 5.74) is -0.831. The molecule has 2 heterocycles. The molecule has 2 saturated heterocycles. The van der Waals surface area contributed by atoms with Gasteiger partial charge in [-0.2, -0.15) is 0 Å². The van der Waals surface area contributed by atoms with E-state index in [0.29, 0.717) is 22.6 Å². The van der Waals surface area contributed by atoms with Gasteiger partial charge >= 0.3 is 5.97 Å². The van der Waals surface area contributed by atoms with Gasteiger partial charge in [-0.3, -0.25) is 34.7 Å². The molecule has 10 nitrogen and oxygen atoms in total. The number of likely N-dealkylation sites (tertiary alicyclic amines) is 1. The Labute approximate surface area is 230 Å². The van der Waals surface area contributed by atoms with Crippen molar-refractivity contribution in [2.45, 2.75) is 24.9 Å². The fraction of sp³-hybridized carbons (Fsp3) is 0.233. The number of rotatable bonds is 9. The average Bonchev–Trinajstić information content (AvgIpc) is 3.42. The zero-order valence-electron chi connectivity index (χ0n) is 21.6. The normalized spacial score (nSPS) is 23.9. The third-order valence-corrected chi connectivity index (χ3v) is 7.50. The Hall–Kier alpha value is -4.83. The van der Waals surface area contributed by atoms with Gasteiger partial charge in [-0.15, -0.1) is 0 Å². The number of carbonyl (C=O) groups excluding carboxylic acids is 2. The monoisotopic (exact) mass is 541 g/mol. The molecule has 40 heavy (non-hydrogen) atoms. The van der Waals surface area contributed by atoms with Crippen molar-refractivity contribution in [2.75, 3.05) is 6.54 Å². The van der Waals surface area contributed by atoms with Crippen LogP contribution in [0.1, 0.15) is 24.1 Å². The first-order valence-electron chi connectivity index (χ1n) is 12.8. The molecule has 0 aliphatic carbocycles. The van der Waals surface area contributed by atoms with Gasteiger partial charge in [0, 0.05) is 31.1 Å². The van der Waals surface area contributed by atoms with Gasteiger partial charge in [-0.1, -0.05) is 54.6 Å². The van der Waals surface area contributed by atoms with Crippen LogP contribution in [0, 0.1) is 22.0 Å². The van der Waals surface area contributed by atoms with Gasteiger partial charge < -0.3 is 9.84 Å². The number of fused-ring (bicyclic) bond motifs is 1. The van der Waals surface area contributed by atoms with Crippen molar-refractivity contribution in [1.82, 2.24) is 10.2 Å². The third-order valence-electron chi connectivity index (χ3n) is 7.50. The number of benzene rings is 3. The van der Waals surface area contributed by atoms with Gasteiger partial charge in [0.25, 0.3) is 5.69 Å². The minimum absolute atomic E-state index is 0.0466. The number of ether oxygens (including phenoxy) is 1. The maximum atomic E-state index is 13.6. The number of carboxylic acid groups (broad SMARTS) is 1. The van der Waals surface area contributed by atoms with Crippen molar-refractivity contribution >= 4 is 23.5 Å². The highest BCUT2D eigenvalue weighted by atomic mass is 16.6. The summed E-state index contributed by atoms with van der Waals surface area (Å²) in [5.74, 6) is -3.20. The summed E-state index contributed by atoms with van der Waals surface area (Å²) in [6.07, 6.45) is 3.24. The number of non-ortho nitro benzene ring substituents is 1. The highest BCUT2D eigenvalue weighted by molar-refractivity contribution is 6.09. The molecular formula is C30H27N3O7. The largest absolute Gasteiger partial charge is 0.480 e. The number of para-hydroxylation sites is 1. The van der Waals surface area contributed by atoms with Crippen molar-refractivity contribution in [3.8, 4) is 11.5 Å². The van der Waals surface area contributed by atoms with Crippen molar-refractivity contribution in [3.63, 3.8) is 0 Å². The summed E-state index contributed by atoms with van der Waals surface area (Å²) in [7, 11) is 0. The fourth-order valence-corrected chi connectivity index (χ4v) is 5.60. The predicted octanol–water partition coefficient (Wildman–Crippen LogP) is 4.27. The van der Waals surface area contributed by atoms with E-state index in [9.17, 15) is 29.6 Å². The standard InChI is InChI=1S/C30H27N3O7/c1-2-3-17-32-27(34)24-25(28(32)35)30(29(36)37,18-19-9-13-21(14-10-19)33(38)39)31-26(24)20-11-15-23(16-12-20)40-22-7-5-4-6-8-22/h2-16,24-26,31H,17-18H2,1H3,(H,36,37)/b3-2+. The van der Waals surface area contributed by atoms with Crippen LogP contribution in [0.15, 0.2) is 91.0 Å². The molecule has 204 valence electrons. The van der Waals surface area contributed by atoms with E-state index in [-0.39, 0.29) is 18.7 Å². The van der Waals surface area contributed by atoms with Gasteiger partial charge in [-0.25, -0.2) is 0 Å². The van der Waals surface area contributed by atoms with Crippen LogP contribution in [-0.2, 0) is 20.8 Å².